The molecule has 0 amide bonds. The standard InChI is InChI=1S/C21H21FN4S/c1-15(2)12-23-21(27)24-13-17-14-26(19-6-4-3-5-7-19)25-20(17)16-8-10-18(22)11-9-16/h3-11,14H,1,12-13H2,2H3,(H2,23,24,27). The van der Waals surface area contributed by atoms with Crippen LogP contribution in [0, 0.1) is 5.82 Å². The highest BCUT2D eigenvalue weighted by molar-refractivity contribution is 7.80. The number of thiocarbonyl (C=S) groups is 1. The lowest BCUT2D eigenvalue weighted by molar-refractivity contribution is 0.628. The maximum Gasteiger partial charge on any atom is 0.166 e. The molecule has 0 unspecified atom stereocenters. The number of benzene rings is 2. The zero-order valence-corrected chi connectivity index (χ0v) is 15.9. The average Bonchev–Trinajstić information content (AvgIpc) is 3.10. The fraction of sp³-hybridized carbons (Fsp3) is 0.143. The van der Waals surface area contributed by atoms with E-state index in [1.54, 1.807) is 12.1 Å². The molecule has 138 valence electrons. The average molecular weight is 380 g/mol. The second-order valence-electron chi connectivity index (χ2n) is 6.28. The Morgan fingerprint density at radius 2 is 1.81 bits per heavy atom. The van der Waals surface area contributed by atoms with E-state index in [0.29, 0.717) is 18.2 Å². The highest BCUT2D eigenvalue weighted by Gasteiger charge is 2.13. The fourth-order valence-electron chi connectivity index (χ4n) is 2.57. The van der Waals surface area contributed by atoms with Crippen LogP contribution in [-0.2, 0) is 6.54 Å². The van der Waals surface area contributed by atoms with E-state index in [0.717, 1.165) is 28.1 Å². The number of para-hydroxylation sites is 1. The van der Waals surface area contributed by atoms with Gasteiger partial charge in [0.05, 0.1) is 11.4 Å². The van der Waals surface area contributed by atoms with Crippen LogP contribution in [0.3, 0.4) is 0 Å². The summed E-state index contributed by atoms with van der Waals surface area (Å²) >= 11 is 5.31. The molecular formula is C21H21FN4S. The monoisotopic (exact) mass is 380 g/mol. The zero-order chi connectivity index (χ0) is 19.2. The largest absolute Gasteiger partial charge is 0.359 e. The summed E-state index contributed by atoms with van der Waals surface area (Å²) in [6, 6.07) is 16.2. The molecule has 0 saturated heterocycles. The van der Waals surface area contributed by atoms with Crippen molar-refractivity contribution in [3.63, 3.8) is 0 Å². The molecule has 6 heteroatoms. The van der Waals surface area contributed by atoms with Crippen LogP contribution in [0.25, 0.3) is 16.9 Å². The predicted octanol–water partition coefficient (Wildman–Crippen LogP) is 4.22. The normalized spacial score (nSPS) is 10.4. The first kappa shape index (κ1) is 18.8. The van der Waals surface area contributed by atoms with Gasteiger partial charge in [0, 0.05) is 30.4 Å². The lowest BCUT2D eigenvalue weighted by atomic mass is 10.1. The van der Waals surface area contributed by atoms with Crippen molar-refractivity contribution >= 4 is 17.3 Å². The third-order valence-electron chi connectivity index (χ3n) is 3.92. The summed E-state index contributed by atoms with van der Waals surface area (Å²) in [5.74, 6) is -0.272. The number of hydrogen-bond donors (Lipinski definition) is 2. The lowest BCUT2D eigenvalue weighted by Gasteiger charge is -2.10. The van der Waals surface area contributed by atoms with Gasteiger partial charge in [-0.25, -0.2) is 9.07 Å². The van der Waals surface area contributed by atoms with Crippen molar-refractivity contribution in [1.82, 2.24) is 20.4 Å². The van der Waals surface area contributed by atoms with Gasteiger partial charge in [0.2, 0.25) is 0 Å². The smallest absolute Gasteiger partial charge is 0.166 e. The Labute approximate surface area is 163 Å². The second-order valence-corrected chi connectivity index (χ2v) is 6.69. The number of aromatic nitrogens is 2. The van der Waals surface area contributed by atoms with Crippen molar-refractivity contribution in [2.24, 2.45) is 0 Å². The number of halogens is 1. The third-order valence-corrected chi connectivity index (χ3v) is 4.21. The van der Waals surface area contributed by atoms with Crippen molar-refractivity contribution in [2.75, 3.05) is 6.54 Å². The zero-order valence-electron chi connectivity index (χ0n) is 15.1. The van der Waals surface area contributed by atoms with Crippen molar-refractivity contribution in [1.29, 1.82) is 0 Å². The Kier molecular flexibility index (Phi) is 5.98. The Bertz CT molecular complexity index is 933. The molecule has 3 aromatic rings. The Balaban J connectivity index is 1.86. The first-order valence-electron chi connectivity index (χ1n) is 8.59. The van der Waals surface area contributed by atoms with E-state index >= 15 is 0 Å². The Morgan fingerprint density at radius 1 is 1.11 bits per heavy atom. The van der Waals surface area contributed by atoms with Crippen molar-refractivity contribution < 1.29 is 4.39 Å². The quantitative estimate of drug-likeness (QED) is 0.496. The molecule has 2 aromatic carbocycles. The minimum absolute atomic E-state index is 0.272. The Hall–Kier alpha value is -2.99. The van der Waals surface area contributed by atoms with Gasteiger partial charge in [-0.15, -0.1) is 0 Å². The highest BCUT2D eigenvalue weighted by atomic mass is 32.1. The van der Waals surface area contributed by atoms with E-state index in [9.17, 15) is 4.39 Å². The number of rotatable bonds is 6. The van der Waals surface area contributed by atoms with Crippen molar-refractivity contribution in [2.45, 2.75) is 13.5 Å². The van der Waals surface area contributed by atoms with Crippen LogP contribution in [0.5, 0.6) is 0 Å². The van der Waals surface area contributed by atoms with E-state index in [1.165, 1.54) is 12.1 Å². The summed E-state index contributed by atoms with van der Waals surface area (Å²) in [5, 5.41) is 11.6. The maximum atomic E-state index is 13.3. The second kappa shape index (κ2) is 8.60. The van der Waals surface area contributed by atoms with Crippen LogP contribution in [0.4, 0.5) is 4.39 Å². The molecule has 1 heterocycles. The molecule has 0 bridgehead atoms. The minimum atomic E-state index is -0.272. The van der Waals surface area contributed by atoms with Crippen LogP contribution in [0.1, 0.15) is 12.5 Å². The molecule has 0 aliphatic heterocycles. The summed E-state index contributed by atoms with van der Waals surface area (Å²) in [6.07, 6.45) is 1.96. The van der Waals surface area contributed by atoms with Gasteiger partial charge in [0.25, 0.3) is 0 Å². The van der Waals surface area contributed by atoms with Gasteiger partial charge in [-0.05, 0) is 55.5 Å². The van der Waals surface area contributed by atoms with E-state index in [4.69, 9.17) is 17.3 Å². The molecular weight excluding hydrogens is 359 g/mol. The van der Waals surface area contributed by atoms with Gasteiger partial charge < -0.3 is 10.6 Å². The molecule has 0 radical (unpaired) electrons. The molecule has 0 fully saturated rings. The third kappa shape index (κ3) is 5.01. The maximum absolute atomic E-state index is 13.3. The molecule has 0 aliphatic carbocycles. The van der Waals surface area contributed by atoms with Gasteiger partial charge >= 0.3 is 0 Å². The summed E-state index contributed by atoms with van der Waals surface area (Å²) in [6.45, 7) is 6.91. The molecule has 0 spiro atoms. The topological polar surface area (TPSA) is 41.9 Å². The van der Waals surface area contributed by atoms with Gasteiger partial charge in [-0.1, -0.05) is 30.4 Å². The summed E-state index contributed by atoms with van der Waals surface area (Å²) in [4.78, 5) is 0. The van der Waals surface area contributed by atoms with E-state index in [2.05, 4.69) is 17.2 Å². The van der Waals surface area contributed by atoms with E-state index < -0.39 is 0 Å². The molecule has 3 rings (SSSR count). The van der Waals surface area contributed by atoms with Gasteiger partial charge in [0.1, 0.15) is 5.82 Å². The molecule has 27 heavy (non-hydrogen) atoms. The van der Waals surface area contributed by atoms with Crippen LogP contribution >= 0.6 is 12.2 Å². The molecule has 0 atom stereocenters. The molecule has 0 aliphatic rings. The number of hydrogen-bond acceptors (Lipinski definition) is 2. The Morgan fingerprint density at radius 3 is 2.48 bits per heavy atom. The number of nitrogens with one attached hydrogen (secondary N) is 2. The minimum Gasteiger partial charge on any atom is -0.359 e. The van der Waals surface area contributed by atoms with Gasteiger partial charge in [0.15, 0.2) is 5.11 Å². The molecule has 0 saturated carbocycles. The van der Waals surface area contributed by atoms with Crippen LogP contribution < -0.4 is 10.6 Å². The summed E-state index contributed by atoms with van der Waals surface area (Å²) in [5.41, 5.74) is 4.56. The highest BCUT2D eigenvalue weighted by Crippen LogP contribution is 2.24. The molecule has 4 nitrogen and oxygen atoms in total. The van der Waals surface area contributed by atoms with Crippen LogP contribution in [0.15, 0.2) is 72.9 Å². The van der Waals surface area contributed by atoms with E-state index in [-0.39, 0.29) is 5.82 Å². The van der Waals surface area contributed by atoms with Crippen molar-refractivity contribution in [3.8, 4) is 16.9 Å². The van der Waals surface area contributed by atoms with Crippen molar-refractivity contribution in [3.05, 3.63) is 84.3 Å². The SMILES string of the molecule is C=C(C)CNC(=S)NCc1cn(-c2ccccc2)nc1-c1ccc(F)cc1. The molecule has 2 N–H and O–H groups in total. The fourth-order valence-corrected chi connectivity index (χ4v) is 2.72. The van der Waals surface area contributed by atoms with Gasteiger partial charge in [-0.2, -0.15) is 5.10 Å². The van der Waals surface area contributed by atoms with E-state index in [1.807, 2.05) is 48.1 Å². The summed E-state index contributed by atoms with van der Waals surface area (Å²) < 4.78 is 15.1. The summed E-state index contributed by atoms with van der Waals surface area (Å²) in [7, 11) is 0. The van der Waals surface area contributed by atoms with Crippen LogP contribution in [-0.4, -0.2) is 21.4 Å². The van der Waals surface area contributed by atoms with Gasteiger partial charge in [-0.3, -0.25) is 0 Å². The van der Waals surface area contributed by atoms with Crippen LogP contribution in [0.2, 0.25) is 0 Å². The molecule has 1 aromatic heterocycles. The number of nitrogens with zero attached hydrogens (tertiary/aromatic N) is 2. The lowest BCUT2D eigenvalue weighted by Crippen LogP contribution is -2.35. The first-order chi connectivity index (χ1) is 13.0. The first-order valence-corrected chi connectivity index (χ1v) is 9.00. The predicted molar refractivity (Wildman–Crippen MR) is 111 cm³/mol.